The summed E-state index contributed by atoms with van der Waals surface area (Å²) in [4.78, 5) is 0. The first-order valence-electron chi connectivity index (χ1n) is 9.09. The summed E-state index contributed by atoms with van der Waals surface area (Å²) < 4.78 is 13.6. The molecule has 1 aromatic carbocycles. The zero-order valence-electron chi connectivity index (χ0n) is 15.4. The van der Waals surface area contributed by atoms with Gasteiger partial charge in [-0.2, -0.15) is 17.0 Å². The largest absolute Gasteiger partial charge is 0.375 e. The van der Waals surface area contributed by atoms with E-state index in [1.165, 1.54) is 31.2 Å². The minimum atomic E-state index is -0.649. The van der Waals surface area contributed by atoms with Gasteiger partial charge in [0.1, 0.15) is 0 Å². The van der Waals surface area contributed by atoms with Gasteiger partial charge >= 0.3 is 0 Å². The van der Waals surface area contributed by atoms with Crippen LogP contribution in [0.2, 0.25) is 0 Å². The first-order chi connectivity index (χ1) is 11.5. The van der Waals surface area contributed by atoms with E-state index in [1.54, 1.807) is 6.08 Å². The molecule has 0 bridgehead atoms. The van der Waals surface area contributed by atoms with Gasteiger partial charge in [-0.3, -0.25) is 0 Å². The Labute approximate surface area is 152 Å². The van der Waals surface area contributed by atoms with Gasteiger partial charge in [0.15, 0.2) is 5.95 Å². The monoisotopic (exact) mass is 349 g/mol. The molecule has 0 amide bonds. The molecule has 0 spiro atoms. The fraction of sp³-hybridized carbons (Fsp3) is 0.524. The van der Waals surface area contributed by atoms with Crippen LogP contribution in [0.5, 0.6) is 0 Å². The Morgan fingerprint density at radius 1 is 1.17 bits per heavy atom. The molecule has 1 unspecified atom stereocenters. The lowest BCUT2D eigenvalue weighted by atomic mass is 9.79. The summed E-state index contributed by atoms with van der Waals surface area (Å²) in [5.74, 6) is 0.850. The highest BCUT2D eigenvalue weighted by Gasteiger charge is 2.19. The molecule has 1 aliphatic rings. The van der Waals surface area contributed by atoms with Crippen molar-refractivity contribution < 1.29 is 4.39 Å². The van der Waals surface area contributed by atoms with Crippen molar-refractivity contribution >= 4 is 18.2 Å². The van der Waals surface area contributed by atoms with E-state index >= 15 is 0 Å². The SMILES string of the molecule is CC.CC(S)/C=C\C(=C(/N)F)c1ccc(C2CCC(C)CC2)cc1. The Balaban J connectivity index is 0.00000139. The molecular weight excluding hydrogens is 317 g/mol. The minimum absolute atomic E-state index is 0.0675. The average molecular weight is 350 g/mol. The molecule has 1 aromatic rings. The van der Waals surface area contributed by atoms with Crippen molar-refractivity contribution in [2.24, 2.45) is 11.7 Å². The van der Waals surface area contributed by atoms with Crippen LogP contribution in [-0.2, 0) is 0 Å². The molecule has 2 N–H and O–H groups in total. The number of thiol groups is 1. The smallest absolute Gasteiger partial charge is 0.192 e. The maximum Gasteiger partial charge on any atom is 0.192 e. The van der Waals surface area contributed by atoms with Crippen LogP contribution in [0.4, 0.5) is 4.39 Å². The number of hydrogen-bond acceptors (Lipinski definition) is 2. The van der Waals surface area contributed by atoms with Crippen LogP contribution in [0, 0.1) is 5.92 Å². The lowest BCUT2D eigenvalue weighted by Gasteiger charge is -2.26. The van der Waals surface area contributed by atoms with Crippen LogP contribution in [0.1, 0.15) is 70.4 Å². The van der Waals surface area contributed by atoms with Crippen molar-refractivity contribution in [1.29, 1.82) is 0 Å². The van der Waals surface area contributed by atoms with Crippen molar-refractivity contribution in [2.45, 2.75) is 64.5 Å². The summed E-state index contributed by atoms with van der Waals surface area (Å²) in [6.45, 7) is 8.26. The van der Waals surface area contributed by atoms with Gasteiger partial charge in [-0.25, -0.2) is 0 Å². The Hall–Kier alpha value is -1.22. The Morgan fingerprint density at radius 2 is 1.71 bits per heavy atom. The topological polar surface area (TPSA) is 26.0 Å². The van der Waals surface area contributed by atoms with Crippen LogP contribution in [0.3, 0.4) is 0 Å². The molecule has 134 valence electrons. The van der Waals surface area contributed by atoms with E-state index in [-0.39, 0.29) is 5.25 Å². The van der Waals surface area contributed by atoms with Gasteiger partial charge in [0.05, 0.1) is 0 Å². The third-order valence-corrected chi connectivity index (χ3v) is 4.68. The highest BCUT2D eigenvalue weighted by molar-refractivity contribution is 7.81. The first kappa shape index (κ1) is 20.8. The zero-order valence-corrected chi connectivity index (χ0v) is 16.3. The molecule has 1 aliphatic carbocycles. The minimum Gasteiger partial charge on any atom is -0.375 e. The van der Waals surface area contributed by atoms with Gasteiger partial charge in [-0.05, 0) is 42.7 Å². The van der Waals surface area contributed by atoms with E-state index < -0.39 is 5.95 Å². The van der Waals surface area contributed by atoms with Crippen molar-refractivity contribution in [3.63, 3.8) is 0 Å². The Morgan fingerprint density at radius 3 is 2.17 bits per heavy atom. The molecular formula is C21H32FNS. The highest BCUT2D eigenvalue weighted by Crippen LogP contribution is 2.36. The summed E-state index contributed by atoms with van der Waals surface area (Å²) in [6, 6.07) is 8.19. The van der Waals surface area contributed by atoms with E-state index in [4.69, 9.17) is 5.73 Å². The summed E-state index contributed by atoms with van der Waals surface area (Å²) in [5, 5.41) is 0.0675. The average Bonchev–Trinajstić information content (AvgIpc) is 2.58. The lowest BCUT2D eigenvalue weighted by molar-refractivity contribution is 0.348. The van der Waals surface area contributed by atoms with Crippen LogP contribution in [0.15, 0.2) is 42.4 Å². The molecule has 0 saturated heterocycles. The second-order valence-corrected chi connectivity index (χ2v) is 7.25. The summed E-state index contributed by atoms with van der Waals surface area (Å²) in [6.07, 6.45) is 8.66. The number of benzene rings is 1. The molecule has 24 heavy (non-hydrogen) atoms. The summed E-state index contributed by atoms with van der Waals surface area (Å²) in [7, 11) is 0. The Bertz CT molecular complexity index is 533. The molecule has 2 rings (SSSR count). The van der Waals surface area contributed by atoms with Gasteiger partial charge in [-0.15, -0.1) is 0 Å². The number of nitrogens with two attached hydrogens (primary N) is 1. The normalized spacial score (nSPS) is 23.2. The highest BCUT2D eigenvalue weighted by atomic mass is 32.1. The number of halogens is 1. The van der Waals surface area contributed by atoms with Gasteiger partial charge in [0.25, 0.3) is 0 Å². The van der Waals surface area contributed by atoms with Crippen molar-refractivity contribution in [3.05, 3.63) is 53.5 Å². The fourth-order valence-corrected chi connectivity index (χ4v) is 3.16. The van der Waals surface area contributed by atoms with E-state index in [9.17, 15) is 4.39 Å². The molecule has 0 heterocycles. The fourth-order valence-electron chi connectivity index (χ4n) is 3.08. The molecule has 3 heteroatoms. The molecule has 0 radical (unpaired) electrons. The van der Waals surface area contributed by atoms with E-state index in [1.807, 2.05) is 39.0 Å². The second kappa shape index (κ2) is 10.6. The van der Waals surface area contributed by atoms with Gasteiger partial charge in [0.2, 0.25) is 0 Å². The van der Waals surface area contributed by atoms with Crippen molar-refractivity contribution in [1.82, 2.24) is 0 Å². The summed E-state index contributed by atoms with van der Waals surface area (Å²) >= 11 is 4.27. The zero-order chi connectivity index (χ0) is 18.1. The predicted molar refractivity (Wildman–Crippen MR) is 108 cm³/mol. The molecule has 1 saturated carbocycles. The third-order valence-electron chi connectivity index (χ3n) is 4.51. The first-order valence-corrected chi connectivity index (χ1v) is 9.61. The number of hydrogen-bond donors (Lipinski definition) is 2. The van der Waals surface area contributed by atoms with Crippen LogP contribution < -0.4 is 5.73 Å². The van der Waals surface area contributed by atoms with E-state index in [2.05, 4.69) is 31.7 Å². The number of allylic oxidation sites excluding steroid dienone is 2. The molecule has 1 fully saturated rings. The van der Waals surface area contributed by atoms with E-state index in [0.717, 1.165) is 11.5 Å². The van der Waals surface area contributed by atoms with Crippen molar-refractivity contribution in [2.75, 3.05) is 0 Å². The Kier molecular flexibility index (Phi) is 9.20. The maximum absolute atomic E-state index is 13.6. The second-order valence-electron chi connectivity index (χ2n) is 6.44. The number of rotatable bonds is 4. The van der Waals surface area contributed by atoms with E-state index in [0.29, 0.717) is 11.5 Å². The predicted octanol–water partition coefficient (Wildman–Crippen LogP) is 6.48. The molecule has 0 aliphatic heterocycles. The molecule has 0 aromatic heterocycles. The van der Waals surface area contributed by atoms with Crippen molar-refractivity contribution in [3.8, 4) is 0 Å². The lowest BCUT2D eigenvalue weighted by Crippen LogP contribution is -2.10. The quantitative estimate of drug-likeness (QED) is 0.363. The van der Waals surface area contributed by atoms with Gasteiger partial charge in [0, 0.05) is 10.8 Å². The van der Waals surface area contributed by atoms with Gasteiger partial charge in [-0.1, -0.05) is 70.0 Å². The maximum atomic E-state index is 13.6. The summed E-state index contributed by atoms with van der Waals surface area (Å²) in [5.41, 5.74) is 8.00. The van der Waals surface area contributed by atoms with Crippen LogP contribution in [0.25, 0.3) is 5.57 Å². The molecule has 1 nitrogen and oxygen atoms in total. The third kappa shape index (κ3) is 6.35. The van der Waals surface area contributed by atoms with Crippen LogP contribution in [-0.4, -0.2) is 5.25 Å². The standard InChI is InChI=1S/C19H26FNS.C2H6/c1-13-3-6-15(7-4-13)16-8-10-17(11-9-16)18(19(20)21)12-5-14(2)22;1-2/h5,8-15,22H,3-4,6-7,21H2,1-2H3;1-2H3/b12-5-,19-18+;. The van der Waals surface area contributed by atoms with Crippen LogP contribution >= 0.6 is 12.6 Å². The molecule has 1 atom stereocenters. The van der Waals surface area contributed by atoms with Gasteiger partial charge < -0.3 is 5.73 Å².